The molecule has 0 saturated carbocycles. The quantitative estimate of drug-likeness (QED) is 0.485. The monoisotopic (exact) mass is 482 g/mol. The molecule has 2 N–H and O–H groups in total. The molecule has 1 aliphatic heterocycles. The number of nitrogens with one attached hydrogen (secondary N) is 2. The van der Waals surface area contributed by atoms with E-state index >= 15 is 0 Å². The molecule has 9 heteroatoms. The van der Waals surface area contributed by atoms with Gasteiger partial charge in [-0.25, -0.2) is 4.39 Å². The predicted molar refractivity (Wildman–Crippen MR) is 135 cm³/mol. The highest BCUT2D eigenvalue weighted by Gasteiger charge is 2.19. The molecule has 4 rings (SSSR count). The van der Waals surface area contributed by atoms with Crippen LogP contribution in [0.3, 0.4) is 0 Å². The van der Waals surface area contributed by atoms with E-state index < -0.39 is 0 Å². The van der Waals surface area contributed by atoms with Gasteiger partial charge in [-0.15, -0.1) is 0 Å². The molecule has 0 spiro atoms. The molecule has 0 aliphatic carbocycles. The fraction of sp³-hybridized carbons (Fsp3) is 0.385. The zero-order valence-corrected chi connectivity index (χ0v) is 20.1. The van der Waals surface area contributed by atoms with Gasteiger partial charge in [-0.3, -0.25) is 9.59 Å². The van der Waals surface area contributed by atoms with Crippen LogP contribution in [0.2, 0.25) is 0 Å². The topological polar surface area (TPSA) is 87.1 Å². The molecule has 186 valence electrons. The number of carbonyl (C=O) groups is 1. The van der Waals surface area contributed by atoms with Gasteiger partial charge in [0.2, 0.25) is 0 Å². The van der Waals surface area contributed by atoms with Crippen molar-refractivity contribution in [3.63, 3.8) is 0 Å². The Morgan fingerprint density at radius 2 is 1.91 bits per heavy atom. The summed E-state index contributed by atoms with van der Waals surface area (Å²) in [6.07, 6.45) is 0.474. The van der Waals surface area contributed by atoms with Crippen LogP contribution in [-0.4, -0.2) is 70.8 Å². The lowest BCUT2D eigenvalue weighted by atomic mass is 10.0. The van der Waals surface area contributed by atoms with E-state index in [-0.39, 0.29) is 17.2 Å². The molecule has 0 radical (unpaired) electrons. The molecule has 1 saturated heterocycles. The normalized spacial score (nSPS) is 13.9. The van der Waals surface area contributed by atoms with Gasteiger partial charge in [0.15, 0.2) is 11.3 Å². The minimum absolute atomic E-state index is 0.199. The molecule has 1 amide bonds. The summed E-state index contributed by atoms with van der Waals surface area (Å²) >= 11 is 0. The standard InChI is InChI=1S/C26H31FN4O4/c1-30(2)9-8-29-26(33)19-14-18(6-7-28-21-5-3-4-20(27)16-21)25-22(15-19)23(32)17-24(35-25)31-10-12-34-13-11-31/h3-5,14-17,28H,6-13H2,1-2H3,(H,29,33). The van der Waals surface area contributed by atoms with Crippen molar-refractivity contribution in [1.82, 2.24) is 10.2 Å². The number of hydrogen-bond acceptors (Lipinski definition) is 7. The fourth-order valence-electron chi connectivity index (χ4n) is 4.01. The number of rotatable bonds is 9. The maximum Gasteiger partial charge on any atom is 0.251 e. The van der Waals surface area contributed by atoms with Crippen molar-refractivity contribution in [1.29, 1.82) is 0 Å². The van der Waals surface area contributed by atoms with Crippen LogP contribution < -0.4 is 21.0 Å². The minimum Gasteiger partial charge on any atom is -0.440 e. The molecule has 0 unspecified atom stereocenters. The highest BCUT2D eigenvalue weighted by molar-refractivity contribution is 5.98. The number of likely N-dealkylation sites (N-methyl/N-ethyl adjacent to an activating group) is 1. The van der Waals surface area contributed by atoms with E-state index in [1.807, 2.05) is 23.9 Å². The van der Waals surface area contributed by atoms with E-state index in [1.165, 1.54) is 18.2 Å². The smallest absolute Gasteiger partial charge is 0.251 e. The largest absolute Gasteiger partial charge is 0.440 e. The van der Waals surface area contributed by atoms with E-state index in [4.69, 9.17) is 9.15 Å². The molecule has 0 bridgehead atoms. The second-order valence-electron chi connectivity index (χ2n) is 8.81. The molecule has 1 aromatic heterocycles. The van der Waals surface area contributed by atoms with Crippen LogP contribution in [0, 0.1) is 5.82 Å². The molecule has 35 heavy (non-hydrogen) atoms. The SMILES string of the molecule is CN(C)CCNC(=O)c1cc(CCNc2cccc(F)c2)c2oc(N3CCOCC3)cc(=O)c2c1. The van der Waals surface area contributed by atoms with Gasteiger partial charge < -0.3 is 29.6 Å². The highest BCUT2D eigenvalue weighted by atomic mass is 19.1. The zero-order chi connectivity index (χ0) is 24.8. The van der Waals surface area contributed by atoms with Crippen LogP contribution in [0.4, 0.5) is 16.0 Å². The van der Waals surface area contributed by atoms with E-state index in [1.54, 1.807) is 24.3 Å². The van der Waals surface area contributed by atoms with Crippen LogP contribution >= 0.6 is 0 Å². The van der Waals surface area contributed by atoms with Crippen molar-refractivity contribution >= 4 is 28.4 Å². The third kappa shape index (κ3) is 6.37. The molecule has 8 nitrogen and oxygen atoms in total. The summed E-state index contributed by atoms with van der Waals surface area (Å²) in [4.78, 5) is 29.9. The van der Waals surface area contributed by atoms with E-state index in [0.717, 1.165) is 5.56 Å². The first-order valence-corrected chi connectivity index (χ1v) is 11.8. The average Bonchev–Trinajstić information content (AvgIpc) is 2.84. The number of hydrogen-bond donors (Lipinski definition) is 2. The minimum atomic E-state index is -0.321. The first-order chi connectivity index (χ1) is 16.9. The van der Waals surface area contributed by atoms with Crippen molar-refractivity contribution in [3.05, 3.63) is 69.6 Å². The number of halogens is 1. The second-order valence-corrected chi connectivity index (χ2v) is 8.81. The van der Waals surface area contributed by atoms with Crippen LogP contribution in [0.15, 0.2) is 51.7 Å². The molecular weight excluding hydrogens is 451 g/mol. The van der Waals surface area contributed by atoms with Gasteiger partial charge in [0.05, 0.1) is 18.6 Å². The van der Waals surface area contributed by atoms with Crippen LogP contribution in [-0.2, 0) is 11.2 Å². The van der Waals surface area contributed by atoms with Crippen LogP contribution in [0.25, 0.3) is 11.0 Å². The fourth-order valence-corrected chi connectivity index (χ4v) is 4.01. The van der Waals surface area contributed by atoms with Gasteiger partial charge in [-0.2, -0.15) is 0 Å². The number of amides is 1. The van der Waals surface area contributed by atoms with E-state index in [0.29, 0.717) is 80.5 Å². The number of carbonyl (C=O) groups excluding carboxylic acids is 1. The lowest BCUT2D eigenvalue weighted by Crippen LogP contribution is -2.36. The van der Waals surface area contributed by atoms with Gasteiger partial charge in [0.1, 0.15) is 11.4 Å². The van der Waals surface area contributed by atoms with E-state index in [9.17, 15) is 14.0 Å². The van der Waals surface area contributed by atoms with Crippen LogP contribution in [0.1, 0.15) is 15.9 Å². The number of fused-ring (bicyclic) bond motifs is 1. The first-order valence-electron chi connectivity index (χ1n) is 11.8. The Balaban J connectivity index is 1.65. The Labute approximate surface area is 203 Å². The summed E-state index contributed by atoms with van der Waals surface area (Å²) in [7, 11) is 3.87. The Kier molecular flexibility index (Phi) is 7.99. The van der Waals surface area contributed by atoms with Crippen molar-refractivity contribution in [2.24, 2.45) is 0 Å². The first kappa shape index (κ1) is 24.7. The van der Waals surface area contributed by atoms with Gasteiger partial charge in [-0.05, 0) is 56.4 Å². The lowest BCUT2D eigenvalue weighted by Gasteiger charge is -2.27. The van der Waals surface area contributed by atoms with Gasteiger partial charge in [0, 0.05) is 50.0 Å². The van der Waals surface area contributed by atoms with Crippen molar-refractivity contribution in [3.8, 4) is 0 Å². The maximum absolute atomic E-state index is 13.5. The number of nitrogens with zero attached hydrogens (tertiary/aromatic N) is 2. The van der Waals surface area contributed by atoms with Crippen LogP contribution in [0.5, 0.6) is 0 Å². The molecular formula is C26H31FN4O4. The summed E-state index contributed by atoms with van der Waals surface area (Å²) < 4.78 is 25.2. The Morgan fingerprint density at radius 1 is 1.11 bits per heavy atom. The van der Waals surface area contributed by atoms with Crippen molar-refractivity contribution in [2.75, 3.05) is 70.2 Å². The molecule has 1 aliphatic rings. The third-order valence-corrected chi connectivity index (χ3v) is 5.87. The lowest BCUT2D eigenvalue weighted by molar-refractivity contribution is 0.0951. The number of ether oxygens (including phenoxy) is 1. The molecule has 2 heterocycles. The Hall–Kier alpha value is -3.43. The number of morpholine rings is 1. The van der Waals surface area contributed by atoms with Crippen molar-refractivity contribution in [2.45, 2.75) is 6.42 Å². The van der Waals surface area contributed by atoms with Crippen molar-refractivity contribution < 1.29 is 18.3 Å². The molecule has 0 atom stereocenters. The molecule has 2 aromatic carbocycles. The summed E-state index contributed by atoms with van der Waals surface area (Å²) in [6.45, 7) is 4.07. The molecule has 3 aromatic rings. The number of benzene rings is 2. The highest BCUT2D eigenvalue weighted by Crippen LogP contribution is 2.25. The third-order valence-electron chi connectivity index (χ3n) is 5.87. The van der Waals surface area contributed by atoms with Gasteiger partial charge in [-0.1, -0.05) is 6.07 Å². The summed E-state index contributed by atoms with van der Waals surface area (Å²) in [5.74, 6) is -0.0731. The van der Waals surface area contributed by atoms with Gasteiger partial charge >= 0.3 is 0 Å². The Bertz CT molecular complexity index is 1240. The second kappa shape index (κ2) is 11.3. The summed E-state index contributed by atoms with van der Waals surface area (Å²) in [5, 5.41) is 6.46. The number of anilines is 2. The van der Waals surface area contributed by atoms with E-state index in [2.05, 4.69) is 10.6 Å². The Morgan fingerprint density at radius 3 is 2.66 bits per heavy atom. The predicted octanol–water partition coefficient (Wildman–Crippen LogP) is 2.71. The molecule has 1 fully saturated rings. The average molecular weight is 483 g/mol. The summed E-state index contributed by atoms with van der Waals surface area (Å²) in [5.41, 5.74) is 2.06. The summed E-state index contributed by atoms with van der Waals surface area (Å²) in [6, 6.07) is 11.1. The van der Waals surface area contributed by atoms with Gasteiger partial charge in [0.25, 0.3) is 5.91 Å². The zero-order valence-electron chi connectivity index (χ0n) is 20.1. The maximum atomic E-state index is 13.5.